The number of nitro benzene ring substituents is 1. The summed E-state index contributed by atoms with van der Waals surface area (Å²) in [5, 5.41) is 22.1. The average molecular weight is 369 g/mol. The molecule has 2 aromatic carbocycles. The van der Waals surface area contributed by atoms with E-state index in [1.807, 2.05) is 31.2 Å². The van der Waals surface area contributed by atoms with Crippen molar-refractivity contribution in [1.29, 1.82) is 0 Å². The van der Waals surface area contributed by atoms with Gasteiger partial charge in [0.1, 0.15) is 5.75 Å². The minimum absolute atomic E-state index is 0.00520. The van der Waals surface area contributed by atoms with E-state index in [4.69, 9.17) is 17.0 Å². The molecule has 0 unspecified atom stereocenters. The van der Waals surface area contributed by atoms with Gasteiger partial charge in [-0.05, 0) is 31.3 Å². The summed E-state index contributed by atoms with van der Waals surface area (Å²) in [7, 11) is 0. The van der Waals surface area contributed by atoms with Gasteiger partial charge in [-0.2, -0.15) is 14.9 Å². The van der Waals surface area contributed by atoms with Crippen LogP contribution >= 0.6 is 12.2 Å². The lowest BCUT2D eigenvalue weighted by Crippen LogP contribution is -1.97. The average Bonchev–Trinajstić information content (AvgIpc) is 3.01. The highest BCUT2D eigenvalue weighted by molar-refractivity contribution is 7.71. The van der Waals surface area contributed by atoms with Gasteiger partial charge in [-0.1, -0.05) is 24.3 Å². The van der Waals surface area contributed by atoms with Crippen molar-refractivity contribution >= 4 is 24.1 Å². The molecule has 1 N–H and O–H groups in total. The number of benzene rings is 2. The second kappa shape index (κ2) is 7.70. The maximum absolute atomic E-state index is 10.9. The van der Waals surface area contributed by atoms with Crippen molar-refractivity contribution in [3.8, 4) is 17.1 Å². The zero-order valence-corrected chi connectivity index (χ0v) is 14.6. The Morgan fingerprint density at radius 1 is 1.35 bits per heavy atom. The molecule has 26 heavy (non-hydrogen) atoms. The van der Waals surface area contributed by atoms with Crippen LogP contribution in [0.25, 0.3) is 11.4 Å². The second-order valence-corrected chi connectivity index (χ2v) is 5.61. The van der Waals surface area contributed by atoms with Gasteiger partial charge in [-0.3, -0.25) is 10.1 Å². The Bertz CT molecular complexity index is 1020. The number of H-pyrrole nitrogens is 1. The molecular weight excluding hydrogens is 354 g/mol. The number of aromatic nitrogens is 3. The first kappa shape index (κ1) is 17.5. The highest BCUT2D eigenvalue weighted by Crippen LogP contribution is 2.22. The van der Waals surface area contributed by atoms with Crippen LogP contribution in [0.5, 0.6) is 5.75 Å². The fraction of sp³-hybridized carbons (Fsp3) is 0.118. The van der Waals surface area contributed by atoms with Crippen LogP contribution in [0, 0.1) is 14.9 Å². The van der Waals surface area contributed by atoms with Crippen molar-refractivity contribution in [3.05, 3.63) is 69.0 Å². The number of aromatic amines is 1. The molecule has 0 atom stereocenters. The molecule has 0 radical (unpaired) electrons. The Morgan fingerprint density at radius 2 is 2.15 bits per heavy atom. The van der Waals surface area contributed by atoms with Crippen LogP contribution in [-0.4, -0.2) is 32.6 Å². The summed E-state index contributed by atoms with van der Waals surface area (Å²) in [4.78, 5) is 10.4. The van der Waals surface area contributed by atoms with E-state index in [1.165, 1.54) is 23.0 Å². The summed E-state index contributed by atoms with van der Waals surface area (Å²) in [6.07, 6.45) is 1.49. The quantitative estimate of drug-likeness (QED) is 0.308. The SMILES string of the molecule is CCOc1cccc(-c2n[nH]c(=S)n2/N=C\c2cccc([N+](=O)[O-])c2)c1. The molecule has 9 heteroatoms. The summed E-state index contributed by atoms with van der Waals surface area (Å²) in [6.45, 7) is 2.47. The molecule has 3 aromatic rings. The Balaban J connectivity index is 1.96. The number of hydrogen-bond donors (Lipinski definition) is 1. The monoisotopic (exact) mass is 369 g/mol. The molecule has 0 amide bonds. The summed E-state index contributed by atoms with van der Waals surface area (Å²) in [5.74, 6) is 1.23. The van der Waals surface area contributed by atoms with Gasteiger partial charge in [0.2, 0.25) is 4.77 Å². The van der Waals surface area contributed by atoms with Gasteiger partial charge < -0.3 is 4.74 Å². The van der Waals surface area contributed by atoms with Crippen molar-refractivity contribution in [1.82, 2.24) is 14.9 Å². The zero-order chi connectivity index (χ0) is 18.5. The van der Waals surface area contributed by atoms with Crippen LogP contribution in [0.4, 0.5) is 5.69 Å². The number of nitrogens with one attached hydrogen (secondary N) is 1. The molecule has 0 bridgehead atoms. The lowest BCUT2D eigenvalue weighted by atomic mass is 10.2. The first-order valence-corrected chi connectivity index (χ1v) is 8.19. The van der Waals surface area contributed by atoms with Gasteiger partial charge in [-0.15, -0.1) is 0 Å². The van der Waals surface area contributed by atoms with E-state index in [2.05, 4.69) is 15.3 Å². The Kier molecular flexibility index (Phi) is 5.18. The predicted molar refractivity (Wildman–Crippen MR) is 100 cm³/mol. The molecule has 0 aliphatic rings. The fourth-order valence-corrected chi connectivity index (χ4v) is 2.50. The smallest absolute Gasteiger partial charge is 0.270 e. The lowest BCUT2D eigenvalue weighted by molar-refractivity contribution is -0.384. The molecule has 8 nitrogen and oxygen atoms in total. The highest BCUT2D eigenvalue weighted by Gasteiger charge is 2.10. The number of nitro groups is 1. The molecule has 1 aromatic heterocycles. The second-order valence-electron chi connectivity index (χ2n) is 5.22. The Morgan fingerprint density at radius 3 is 2.92 bits per heavy atom. The van der Waals surface area contributed by atoms with Crippen LogP contribution < -0.4 is 4.74 Å². The summed E-state index contributed by atoms with van der Waals surface area (Å²) < 4.78 is 7.27. The Hall–Kier alpha value is -3.33. The van der Waals surface area contributed by atoms with Gasteiger partial charge >= 0.3 is 0 Å². The van der Waals surface area contributed by atoms with E-state index >= 15 is 0 Å². The van der Waals surface area contributed by atoms with Crippen LogP contribution in [0.3, 0.4) is 0 Å². The van der Waals surface area contributed by atoms with Gasteiger partial charge in [0, 0.05) is 23.3 Å². The highest BCUT2D eigenvalue weighted by atomic mass is 32.1. The molecule has 0 aliphatic heterocycles. The third-order valence-electron chi connectivity index (χ3n) is 3.46. The van der Waals surface area contributed by atoms with Crippen LogP contribution in [0.15, 0.2) is 53.6 Å². The number of hydrogen-bond acceptors (Lipinski definition) is 6. The molecule has 1 heterocycles. The Labute approximate surface area is 153 Å². The van der Waals surface area contributed by atoms with Crippen molar-refractivity contribution < 1.29 is 9.66 Å². The fourth-order valence-electron chi connectivity index (χ4n) is 2.32. The third kappa shape index (κ3) is 3.83. The van der Waals surface area contributed by atoms with Crippen LogP contribution in [0.2, 0.25) is 0 Å². The van der Waals surface area contributed by atoms with E-state index in [0.29, 0.717) is 28.5 Å². The molecule has 3 rings (SSSR count). The van der Waals surface area contributed by atoms with Gasteiger partial charge in [-0.25, -0.2) is 5.10 Å². The van der Waals surface area contributed by atoms with Crippen molar-refractivity contribution in [2.24, 2.45) is 5.10 Å². The number of rotatable bonds is 6. The molecule has 0 fully saturated rings. The van der Waals surface area contributed by atoms with Gasteiger partial charge in [0.05, 0.1) is 17.7 Å². The van der Waals surface area contributed by atoms with Crippen LogP contribution in [0.1, 0.15) is 12.5 Å². The van der Waals surface area contributed by atoms with Crippen molar-refractivity contribution in [3.63, 3.8) is 0 Å². The van der Waals surface area contributed by atoms with E-state index in [-0.39, 0.29) is 5.69 Å². The zero-order valence-electron chi connectivity index (χ0n) is 13.8. The van der Waals surface area contributed by atoms with E-state index in [0.717, 1.165) is 5.56 Å². The summed E-state index contributed by atoms with van der Waals surface area (Å²) in [6, 6.07) is 13.6. The maximum Gasteiger partial charge on any atom is 0.270 e. The summed E-state index contributed by atoms with van der Waals surface area (Å²) >= 11 is 5.23. The van der Waals surface area contributed by atoms with Crippen molar-refractivity contribution in [2.75, 3.05) is 6.61 Å². The predicted octanol–water partition coefficient (Wildman–Crippen LogP) is 3.80. The van der Waals surface area contributed by atoms with E-state index in [1.54, 1.807) is 12.1 Å². The minimum Gasteiger partial charge on any atom is -0.494 e. The molecule has 0 spiro atoms. The maximum atomic E-state index is 10.9. The minimum atomic E-state index is -0.453. The first-order chi connectivity index (χ1) is 12.6. The molecule has 132 valence electrons. The summed E-state index contributed by atoms with van der Waals surface area (Å²) in [5.41, 5.74) is 1.35. The first-order valence-electron chi connectivity index (χ1n) is 7.78. The molecular formula is C17H15N5O3S. The topological polar surface area (TPSA) is 98.3 Å². The lowest BCUT2D eigenvalue weighted by Gasteiger charge is -2.05. The van der Waals surface area contributed by atoms with Crippen LogP contribution in [-0.2, 0) is 0 Å². The number of nitrogens with zero attached hydrogens (tertiary/aromatic N) is 4. The van der Waals surface area contributed by atoms with E-state index in [9.17, 15) is 10.1 Å². The third-order valence-corrected chi connectivity index (χ3v) is 3.72. The standard InChI is InChI=1S/C17H15N5O3S/c1-2-25-15-8-4-6-13(10-15)16-19-20-17(26)21(16)18-11-12-5-3-7-14(9-12)22(23)24/h3-11H,2H2,1H3,(H,20,26)/b18-11-. The van der Waals surface area contributed by atoms with Gasteiger partial charge in [0.15, 0.2) is 5.82 Å². The molecule has 0 aliphatic carbocycles. The number of ether oxygens (including phenoxy) is 1. The normalized spacial score (nSPS) is 11.0. The van der Waals surface area contributed by atoms with Gasteiger partial charge in [0.25, 0.3) is 5.69 Å². The number of non-ortho nitro benzene ring substituents is 1. The molecule has 0 saturated carbocycles. The molecule has 0 saturated heterocycles. The van der Waals surface area contributed by atoms with E-state index < -0.39 is 4.92 Å². The largest absolute Gasteiger partial charge is 0.494 e. The van der Waals surface area contributed by atoms with Crippen molar-refractivity contribution in [2.45, 2.75) is 6.92 Å².